The van der Waals surface area contributed by atoms with E-state index in [1.54, 1.807) is 0 Å². The van der Waals surface area contributed by atoms with Crippen LogP contribution in [-0.2, 0) is 0 Å². The Labute approximate surface area is 109 Å². The maximum Gasteiger partial charge on any atom is 0.0491 e. The minimum absolute atomic E-state index is 0.459. The first-order chi connectivity index (χ1) is 8.66. The van der Waals surface area contributed by atoms with Crippen molar-refractivity contribution in [3.8, 4) is 0 Å². The molecule has 0 aromatic carbocycles. The molecule has 0 radical (unpaired) electrons. The van der Waals surface area contributed by atoms with Crippen LogP contribution in [0.25, 0.3) is 0 Å². The van der Waals surface area contributed by atoms with Crippen LogP contribution in [0.2, 0.25) is 0 Å². The summed E-state index contributed by atoms with van der Waals surface area (Å²) in [5.74, 6) is 0.552. The molecule has 2 aromatic heterocycles. The van der Waals surface area contributed by atoms with Gasteiger partial charge in [0.25, 0.3) is 0 Å². The molecule has 0 aliphatic carbocycles. The van der Waals surface area contributed by atoms with Crippen molar-refractivity contribution < 1.29 is 0 Å². The second kappa shape index (κ2) is 5.80. The first-order valence-electron chi connectivity index (χ1n) is 6.58. The van der Waals surface area contributed by atoms with Crippen molar-refractivity contribution in [3.63, 3.8) is 0 Å². The van der Waals surface area contributed by atoms with Gasteiger partial charge in [-0.3, -0.25) is 9.67 Å². The number of nitrogens with zero attached hydrogens (tertiary/aromatic N) is 3. The van der Waals surface area contributed by atoms with Crippen molar-refractivity contribution in [2.24, 2.45) is 0 Å². The van der Waals surface area contributed by atoms with E-state index in [1.165, 1.54) is 5.56 Å². The minimum atomic E-state index is 0.459. The van der Waals surface area contributed by atoms with Crippen molar-refractivity contribution in [3.05, 3.63) is 48.0 Å². The third kappa shape index (κ3) is 3.19. The molecule has 0 saturated carbocycles. The van der Waals surface area contributed by atoms with Crippen LogP contribution >= 0.6 is 0 Å². The lowest BCUT2D eigenvalue weighted by Crippen LogP contribution is -2.07. The molecule has 2 rings (SSSR count). The van der Waals surface area contributed by atoms with Gasteiger partial charge in [-0.2, -0.15) is 5.10 Å². The first-order valence-corrected chi connectivity index (χ1v) is 6.58. The van der Waals surface area contributed by atoms with E-state index in [-0.39, 0.29) is 0 Å². The lowest BCUT2D eigenvalue weighted by Gasteiger charge is -2.16. The van der Waals surface area contributed by atoms with Crippen molar-refractivity contribution in [1.82, 2.24) is 14.8 Å². The fraction of sp³-hybridized carbons (Fsp3) is 0.467. The topological polar surface area (TPSA) is 30.7 Å². The molecule has 2 heterocycles. The van der Waals surface area contributed by atoms with Gasteiger partial charge in [0.15, 0.2) is 0 Å². The van der Waals surface area contributed by atoms with Gasteiger partial charge >= 0.3 is 0 Å². The van der Waals surface area contributed by atoms with E-state index in [0.29, 0.717) is 12.0 Å². The zero-order valence-electron chi connectivity index (χ0n) is 11.4. The highest BCUT2D eigenvalue weighted by atomic mass is 15.3. The van der Waals surface area contributed by atoms with Crippen molar-refractivity contribution in [2.75, 3.05) is 0 Å². The Balaban J connectivity index is 1.88. The average molecular weight is 243 g/mol. The summed E-state index contributed by atoms with van der Waals surface area (Å²) in [5.41, 5.74) is 2.41. The highest BCUT2D eigenvalue weighted by molar-refractivity contribution is 5.16. The fourth-order valence-electron chi connectivity index (χ4n) is 2.10. The number of hydrogen-bond donors (Lipinski definition) is 0. The number of rotatable bonds is 5. The van der Waals surface area contributed by atoms with E-state index in [4.69, 9.17) is 0 Å². The molecule has 18 heavy (non-hydrogen) atoms. The van der Waals surface area contributed by atoms with E-state index in [0.717, 1.165) is 18.5 Å². The van der Waals surface area contributed by atoms with Crippen LogP contribution in [0.5, 0.6) is 0 Å². The van der Waals surface area contributed by atoms with Gasteiger partial charge in [-0.1, -0.05) is 13.0 Å². The predicted octanol–water partition coefficient (Wildman–Crippen LogP) is 3.73. The second-order valence-electron chi connectivity index (χ2n) is 5.05. The van der Waals surface area contributed by atoms with Crippen LogP contribution in [-0.4, -0.2) is 14.8 Å². The monoisotopic (exact) mass is 243 g/mol. The summed E-state index contributed by atoms with van der Waals surface area (Å²) in [6, 6.07) is 6.71. The number of hydrogen-bond acceptors (Lipinski definition) is 2. The summed E-state index contributed by atoms with van der Waals surface area (Å²) in [5, 5.41) is 4.28. The van der Waals surface area contributed by atoms with E-state index in [1.807, 2.05) is 36.3 Å². The first kappa shape index (κ1) is 12.8. The average Bonchev–Trinajstić information content (AvgIpc) is 2.90. The Kier molecular flexibility index (Phi) is 4.13. The Bertz CT molecular complexity index is 459. The van der Waals surface area contributed by atoms with Crippen molar-refractivity contribution in [2.45, 2.75) is 45.6 Å². The standard InChI is InChI=1S/C15H21N3/c1-12(15-8-6-13(2)16-11-15)5-7-14(3)18-10-4-9-17-18/h4,6,8-12,14H,5,7H2,1-3H3. The fourth-order valence-corrected chi connectivity index (χ4v) is 2.10. The normalized spacial score (nSPS) is 14.4. The maximum absolute atomic E-state index is 4.36. The van der Waals surface area contributed by atoms with Crippen LogP contribution in [0.3, 0.4) is 0 Å². The molecule has 0 N–H and O–H groups in total. The summed E-state index contributed by atoms with van der Waals surface area (Å²) < 4.78 is 2.03. The molecule has 3 heteroatoms. The van der Waals surface area contributed by atoms with Crippen molar-refractivity contribution >= 4 is 0 Å². The van der Waals surface area contributed by atoms with Gasteiger partial charge in [0, 0.05) is 30.3 Å². The molecule has 0 aliphatic heterocycles. The summed E-state index contributed by atoms with van der Waals surface area (Å²) in [4.78, 5) is 4.36. The zero-order valence-corrected chi connectivity index (χ0v) is 11.4. The molecular weight excluding hydrogens is 222 g/mol. The molecule has 0 saturated heterocycles. The Morgan fingerprint density at radius 1 is 1.22 bits per heavy atom. The molecule has 0 bridgehead atoms. The molecular formula is C15H21N3. The highest BCUT2D eigenvalue weighted by Gasteiger charge is 2.10. The largest absolute Gasteiger partial charge is 0.270 e. The molecule has 0 aliphatic rings. The third-order valence-electron chi connectivity index (χ3n) is 3.50. The molecule has 96 valence electrons. The van der Waals surface area contributed by atoms with Crippen LogP contribution < -0.4 is 0 Å². The smallest absolute Gasteiger partial charge is 0.0491 e. The number of aromatic nitrogens is 3. The molecule has 2 atom stereocenters. The third-order valence-corrected chi connectivity index (χ3v) is 3.50. The molecule has 0 spiro atoms. The van der Waals surface area contributed by atoms with Gasteiger partial charge in [0.05, 0.1) is 0 Å². The number of aryl methyl sites for hydroxylation is 1. The van der Waals surface area contributed by atoms with Crippen LogP contribution in [0.1, 0.15) is 49.9 Å². The molecule has 0 amide bonds. The highest BCUT2D eigenvalue weighted by Crippen LogP contribution is 2.23. The summed E-state index contributed by atoms with van der Waals surface area (Å²) in [6.45, 7) is 6.50. The van der Waals surface area contributed by atoms with Crippen LogP contribution in [0.4, 0.5) is 0 Å². The Morgan fingerprint density at radius 3 is 2.67 bits per heavy atom. The Morgan fingerprint density at radius 2 is 2.06 bits per heavy atom. The van der Waals surface area contributed by atoms with E-state index in [9.17, 15) is 0 Å². The van der Waals surface area contributed by atoms with Gasteiger partial charge in [-0.05, 0) is 50.3 Å². The molecule has 2 unspecified atom stereocenters. The molecule has 2 aromatic rings. The van der Waals surface area contributed by atoms with Gasteiger partial charge < -0.3 is 0 Å². The summed E-state index contributed by atoms with van der Waals surface area (Å²) in [7, 11) is 0. The lowest BCUT2D eigenvalue weighted by atomic mass is 9.96. The molecule has 0 fully saturated rings. The van der Waals surface area contributed by atoms with E-state index >= 15 is 0 Å². The Hall–Kier alpha value is -1.64. The predicted molar refractivity (Wildman–Crippen MR) is 73.6 cm³/mol. The van der Waals surface area contributed by atoms with Crippen LogP contribution in [0, 0.1) is 6.92 Å². The van der Waals surface area contributed by atoms with Crippen molar-refractivity contribution in [1.29, 1.82) is 0 Å². The lowest BCUT2D eigenvalue weighted by molar-refractivity contribution is 0.430. The van der Waals surface area contributed by atoms with Gasteiger partial charge in [0.2, 0.25) is 0 Å². The van der Waals surface area contributed by atoms with E-state index < -0.39 is 0 Å². The maximum atomic E-state index is 4.36. The van der Waals surface area contributed by atoms with E-state index in [2.05, 4.69) is 36.1 Å². The summed E-state index contributed by atoms with van der Waals surface area (Å²) >= 11 is 0. The van der Waals surface area contributed by atoms with Gasteiger partial charge in [0.1, 0.15) is 0 Å². The van der Waals surface area contributed by atoms with Crippen LogP contribution in [0.15, 0.2) is 36.8 Å². The van der Waals surface area contributed by atoms with Gasteiger partial charge in [-0.25, -0.2) is 0 Å². The van der Waals surface area contributed by atoms with Gasteiger partial charge in [-0.15, -0.1) is 0 Å². The second-order valence-corrected chi connectivity index (χ2v) is 5.05. The molecule has 3 nitrogen and oxygen atoms in total. The number of pyridine rings is 1. The SMILES string of the molecule is Cc1ccc(C(C)CCC(C)n2cccn2)cn1. The quantitative estimate of drug-likeness (QED) is 0.801. The zero-order chi connectivity index (χ0) is 13.0. The minimum Gasteiger partial charge on any atom is -0.270 e. The summed E-state index contributed by atoms with van der Waals surface area (Å²) in [6.07, 6.45) is 8.16.